The number of hydrogen-bond donors (Lipinski definition) is 2. The van der Waals surface area contributed by atoms with E-state index in [2.05, 4.69) is 31.8 Å². The summed E-state index contributed by atoms with van der Waals surface area (Å²) in [6.07, 6.45) is 8.32. The van der Waals surface area contributed by atoms with Gasteiger partial charge in [0.1, 0.15) is 11.8 Å². The summed E-state index contributed by atoms with van der Waals surface area (Å²) in [6, 6.07) is 11.0. The van der Waals surface area contributed by atoms with Crippen LogP contribution in [0.25, 0.3) is 0 Å². The zero-order valence-corrected chi connectivity index (χ0v) is 21.3. The van der Waals surface area contributed by atoms with E-state index in [0.29, 0.717) is 27.4 Å². The third-order valence-corrected chi connectivity index (χ3v) is 8.38. The Morgan fingerprint density at radius 3 is 2.47 bits per heavy atom. The fraction of sp³-hybridized carbons (Fsp3) is 0.556. The zero-order chi connectivity index (χ0) is 25.0. The first-order valence-electron chi connectivity index (χ1n) is 13.0. The summed E-state index contributed by atoms with van der Waals surface area (Å²) in [5.41, 5.74) is 1.29. The van der Waals surface area contributed by atoms with Gasteiger partial charge in [-0.2, -0.15) is 5.26 Å². The van der Waals surface area contributed by atoms with Crippen LogP contribution >= 0.6 is 11.6 Å². The first-order chi connectivity index (χ1) is 17.5. The maximum absolute atomic E-state index is 12.8. The van der Waals surface area contributed by atoms with Crippen LogP contribution in [0.3, 0.4) is 0 Å². The van der Waals surface area contributed by atoms with Crippen molar-refractivity contribution in [3.63, 3.8) is 0 Å². The summed E-state index contributed by atoms with van der Waals surface area (Å²) in [5.74, 6) is 1.35. The number of carbonyl (C=O) groups is 1. The monoisotopic (exact) mass is 508 g/mol. The summed E-state index contributed by atoms with van der Waals surface area (Å²) in [4.78, 5) is 15.1. The molecule has 0 radical (unpaired) electrons. The molecule has 2 saturated heterocycles. The maximum Gasteiger partial charge on any atom is 0.272 e. The van der Waals surface area contributed by atoms with Gasteiger partial charge in [0, 0.05) is 25.2 Å². The number of benzene rings is 1. The van der Waals surface area contributed by atoms with Crippen LogP contribution in [0.15, 0.2) is 30.3 Å². The molecule has 2 aromatic rings. The molecule has 0 atom stereocenters. The Morgan fingerprint density at radius 2 is 1.83 bits per heavy atom. The Balaban J connectivity index is 1.08. The van der Waals surface area contributed by atoms with Gasteiger partial charge < -0.3 is 20.3 Å². The number of carbonyl (C=O) groups excluding carboxylic acids is 1. The molecule has 9 heteroatoms. The average molecular weight is 509 g/mol. The van der Waals surface area contributed by atoms with Crippen molar-refractivity contribution in [2.75, 3.05) is 31.1 Å². The first kappa shape index (κ1) is 24.8. The highest BCUT2D eigenvalue weighted by Crippen LogP contribution is 2.40. The predicted octanol–water partition coefficient (Wildman–Crippen LogP) is 4.09. The molecule has 0 bridgehead atoms. The lowest BCUT2D eigenvalue weighted by molar-refractivity contribution is 0.0888. The van der Waals surface area contributed by atoms with Gasteiger partial charge in [0.25, 0.3) is 5.91 Å². The molecule has 3 heterocycles. The van der Waals surface area contributed by atoms with Crippen molar-refractivity contribution < 1.29 is 9.53 Å². The van der Waals surface area contributed by atoms with Gasteiger partial charge in [-0.25, -0.2) is 0 Å². The summed E-state index contributed by atoms with van der Waals surface area (Å²) >= 11 is 6.10. The molecule has 3 fully saturated rings. The van der Waals surface area contributed by atoms with E-state index in [0.717, 1.165) is 57.7 Å². The molecule has 2 aliphatic heterocycles. The number of amides is 1. The largest absolute Gasteiger partial charge is 0.490 e. The minimum absolute atomic E-state index is 0.0646. The normalized spacial score (nSPS) is 23.6. The van der Waals surface area contributed by atoms with Crippen LogP contribution in [0, 0.1) is 16.7 Å². The Morgan fingerprint density at radius 1 is 1.08 bits per heavy atom. The van der Waals surface area contributed by atoms with E-state index in [4.69, 9.17) is 21.6 Å². The number of rotatable bonds is 5. The van der Waals surface area contributed by atoms with Crippen molar-refractivity contribution in [3.8, 4) is 11.8 Å². The minimum atomic E-state index is -0.176. The molecule has 1 amide bonds. The van der Waals surface area contributed by atoms with Crippen LogP contribution in [-0.2, 0) is 0 Å². The molecule has 2 N–H and O–H groups in total. The summed E-state index contributed by atoms with van der Waals surface area (Å²) < 4.78 is 6.04. The van der Waals surface area contributed by atoms with E-state index < -0.39 is 0 Å². The van der Waals surface area contributed by atoms with Crippen molar-refractivity contribution in [3.05, 3.63) is 46.6 Å². The SMILES string of the molecule is N#Cc1ccc(OC2CCC(NC(=O)c3ccc(N4CCC5(CCNCC5)CC4)nn3)CC2)cc1Cl. The third-order valence-electron chi connectivity index (χ3n) is 8.07. The number of hydrogen-bond acceptors (Lipinski definition) is 7. The maximum atomic E-state index is 12.8. The van der Waals surface area contributed by atoms with Gasteiger partial charge in [0.15, 0.2) is 11.5 Å². The lowest BCUT2D eigenvalue weighted by Gasteiger charge is -2.44. The summed E-state index contributed by atoms with van der Waals surface area (Å²) in [6.45, 7) is 4.26. The minimum Gasteiger partial charge on any atom is -0.490 e. The van der Waals surface area contributed by atoms with Gasteiger partial charge in [-0.05, 0) is 94.1 Å². The molecular formula is C27H33ClN6O2. The average Bonchev–Trinajstić information content (AvgIpc) is 2.91. The van der Waals surface area contributed by atoms with Crippen LogP contribution in [0.5, 0.6) is 5.75 Å². The number of nitriles is 1. The van der Waals surface area contributed by atoms with Gasteiger partial charge in [0.05, 0.1) is 16.7 Å². The number of aromatic nitrogens is 2. The Hall–Kier alpha value is -2.89. The highest BCUT2D eigenvalue weighted by molar-refractivity contribution is 6.31. The molecule has 5 rings (SSSR count). The van der Waals surface area contributed by atoms with E-state index in [1.165, 1.54) is 25.7 Å². The first-order valence-corrected chi connectivity index (χ1v) is 13.4. The van der Waals surface area contributed by atoms with Gasteiger partial charge in [-0.1, -0.05) is 11.6 Å². The molecule has 8 nitrogen and oxygen atoms in total. The standard InChI is InChI=1S/C27H33ClN6O2/c28-23-17-22(4-1-19(23)18-29)36-21-5-2-20(3-6-21)31-26(35)24-7-8-25(33-32-24)34-15-11-27(12-16-34)9-13-30-14-10-27/h1,4,7-8,17,20-21,30H,2-3,5-6,9-16H2,(H,31,35). The van der Waals surface area contributed by atoms with Crippen molar-refractivity contribution in [2.24, 2.45) is 5.41 Å². The predicted molar refractivity (Wildman–Crippen MR) is 138 cm³/mol. The van der Waals surface area contributed by atoms with Crippen LogP contribution in [-0.4, -0.2) is 54.4 Å². The molecule has 190 valence electrons. The van der Waals surface area contributed by atoms with Gasteiger partial charge >= 0.3 is 0 Å². The molecule has 0 unspecified atom stereocenters. The lowest BCUT2D eigenvalue weighted by Crippen LogP contribution is -2.45. The van der Waals surface area contributed by atoms with Crippen LogP contribution in [0.1, 0.15) is 67.4 Å². The molecule has 1 saturated carbocycles. The summed E-state index contributed by atoms with van der Waals surface area (Å²) in [7, 11) is 0. The molecule has 36 heavy (non-hydrogen) atoms. The number of nitrogens with zero attached hydrogens (tertiary/aromatic N) is 4. The smallest absolute Gasteiger partial charge is 0.272 e. The van der Waals surface area contributed by atoms with Crippen molar-refractivity contribution in [1.29, 1.82) is 5.26 Å². The number of anilines is 1. The molecule has 1 aromatic heterocycles. The zero-order valence-electron chi connectivity index (χ0n) is 20.5. The van der Waals surface area contributed by atoms with Gasteiger partial charge in [0.2, 0.25) is 0 Å². The lowest BCUT2D eigenvalue weighted by atomic mass is 9.71. The molecule has 1 spiro atoms. The third kappa shape index (κ3) is 5.74. The van der Waals surface area contributed by atoms with Crippen molar-refractivity contribution in [1.82, 2.24) is 20.8 Å². The second-order valence-electron chi connectivity index (χ2n) is 10.3. The Labute approximate surface area is 217 Å². The van der Waals surface area contributed by atoms with Crippen molar-refractivity contribution >= 4 is 23.3 Å². The van der Waals surface area contributed by atoms with Crippen molar-refractivity contribution in [2.45, 2.75) is 63.5 Å². The fourth-order valence-corrected chi connectivity index (χ4v) is 5.93. The number of ether oxygens (including phenoxy) is 1. The highest BCUT2D eigenvalue weighted by Gasteiger charge is 2.36. The summed E-state index contributed by atoms with van der Waals surface area (Å²) in [5, 5.41) is 24.6. The quantitative estimate of drug-likeness (QED) is 0.626. The molecule has 1 aromatic carbocycles. The van der Waals surface area contributed by atoms with E-state index in [-0.39, 0.29) is 18.1 Å². The Bertz CT molecular complexity index is 1090. The molecular weight excluding hydrogens is 476 g/mol. The molecule has 1 aliphatic carbocycles. The van der Waals surface area contributed by atoms with Gasteiger partial charge in [-0.15, -0.1) is 10.2 Å². The van der Waals surface area contributed by atoms with E-state index in [1.807, 2.05) is 6.07 Å². The van der Waals surface area contributed by atoms with Crippen LogP contribution in [0.4, 0.5) is 5.82 Å². The second-order valence-corrected chi connectivity index (χ2v) is 10.7. The number of nitrogens with one attached hydrogen (secondary N) is 2. The van der Waals surface area contributed by atoms with E-state index in [1.54, 1.807) is 24.3 Å². The fourth-order valence-electron chi connectivity index (χ4n) is 5.72. The second kappa shape index (κ2) is 11.0. The van der Waals surface area contributed by atoms with Crippen LogP contribution in [0.2, 0.25) is 5.02 Å². The topological polar surface area (TPSA) is 103 Å². The van der Waals surface area contributed by atoms with Crippen LogP contribution < -0.4 is 20.3 Å². The molecule has 3 aliphatic rings. The number of piperidine rings is 2. The Kier molecular flexibility index (Phi) is 7.59. The van der Waals surface area contributed by atoms with E-state index >= 15 is 0 Å². The number of halogens is 1. The van der Waals surface area contributed by atoms with E-state index in [9.17, 15) is 4.79 Å². The highest BCUT2D eigenvalue weighted by atomic mass is 35.5. The van der Waals surface area contributed by atoms with Gasteiger partial charge in [-0.3, -0.25) is 4.79 Å².